The second-order valence-corrected chi connectivity index (χ2v) is 6.78. The molecule has 8 nitrogen and oxygen atoms in total. The Morgan fingerprint density at radius 1 is 0.733 bits per heavy atom. The molecule has 0 aliphatic carbocycles. The van der Waals surface area contributed by atoms with Gasteiger partial charge in [-0.05, 0) is 49.2 Å². The highest BCUT2D eigenvalue weighted by atomic mass is 16.5. The smallest absolute Gasteiger partial charge is 0.255 e. The number of nitrogens with one attached hydrogen (secondary N) is 2. The van der Waals surface area contributed by atoms with Gasteiger partial charge in [-0.2, -0.15) is 0 Å². The Morgan fingerprint density at radius 3 is 1.50 bits per heavy atom. The molecule has 162 valence electrons. The number of ether oxygens (including phenoxy) is 2. The van der Waals surface area contributed by atoms with Gasteiger partial charge in [-0.3, -0.25) is 9.59 Å². The molecule has 0 radical (unpaired) electrons. The van der Waals surface area contributed by atoms with Gasteiger partial charge in [0.05, 0.1) is 37.6 Å². The van der Waals surface area contributed by atoms with Crippen LogP contribution in [0.2, 0.25) is 0 Å². The molecule has 0 fully saturated rings. The minimum Gasteiger partial charge on any atom is -0.507 e. The van der Waals surface area contributed by atoms with Crippen LogP contribution < -0.4 is 10.6 Å². The number of phenolic OH excluding ortho intramolecular Hbond substituents is 2. The zero-order valence-corrected chi connectivity index (χ0v) is 17.2. The van der Waals surface area contributed by atoms with E-state index in [-0.39, 0.29) is 34.4 Å². The van der Waals surface area contributed by atoms with Crippen LogP contribution in [0.25, 0.3) is 0 Å². The predicted molar refractivity (Wildman–Crippen MR) is 112 cm³/mol. The Hall–Kier alpha value is -3.10. The van der Waals surface area contributed by atoms with E-state index in [9.17, 15) is 19.8 Å². The van der Waals surface area contributed by atoms with Gasteiger partial charge in [0, 0.05) is 13.1 Å². The first-order valence-electron chi connectivity index (χ1n) is 9.69. The molecule has 2 amide bonds. The highest BCUT2D eigenvalue weighted by molar-refractivity contribution is 5.97. The minimum atomic E-state index is -0.359. The highest BCUT2D eigenvalue weighted by Gasteiger charge is 2.11. The van der Waals surface area contributed by atoms with Crippen molar-refractivity contribution in [2.75, 3.05) is 39.5 Å². The fourth-order valence-corrected chi connectivity index (χ4v) is 2.65. The molecular formula is C22H28N2O6. The monoisotopic (exact) mass is 416 g/mol. The van der Waals surface area contributed by atoms with Crippen molar-refractivity contribution in [1.29, 1.82) is 0 Å². The second kappa shape index (κ2) is 11.8. The van der Waals surface area contributed by atoms with Crippen LogP contribution in [0.3, 0.4) is 0 Å². The zero-order chi connectivity index (χ0) is 21.9. The number of aromatic hydroxyl groups is 2. The first-order valence-corrected chi connectivity index (χ1v) is 9.69. The summed E-state index contributed by atoms with van der Waals surface area (Å²) in [6.07, 6.45) is 0. The SMILES string of the molecule is Cc1ccc(C(=O)NCCOCCOCCNC(=O)c2ccc(C)cc2O)c(O)c1. The Kier molecular flexibility index (Phi) is 9.11. The van der Waals surface area contributed by atoms with Gasteiger partial charge in [-0.15, -0.1) is 0 Å². The zero-order valence-electron chi connectivity index (χ0n) is 17.2. The quantitative estimate of drug-likeness (QED) is 0.416. The Morgan fingerprint density at radius 2 is 1.13 bits per heavy atom. The van der Waals surface area contributed by atoms with E-state index in [0.717, 1.165) is 11.1 Å². The lowest BCUT2D eigenvalue weighted by atomic mass is 10.1. The van der Waals surface area contributed by atoms with Gasteiger partial charge in [0.25, 0.3) is 11.8 Å². The van der Waals surface area contributed by atoms with Gasteiger partial charge in [-0.25, -0.2) is 0 Å². The molecule has 8 heteroatoms. The van der Waals surface area contributed by atoms with Crippen LogP contribution in [-0.4, -0.2) is 61.5 Å². The standard InChI is InChI=1S/C22H28N2O6/c1-15-3-5-17(19(25)13-15)21(27)23-7-9-29-11-12-30-10-8-24-22(28)18-6-4-16(2)14-20(18)26/h3-6,13-14,25-26H,7-12H2,1-2H3,(H,23,27)(H,24,28). The van der Waals surface area contributed by atoms with Crippen LogP contribution in [-0.2, 0) is 9.47 Å². The van der Waals surface area contributed by atoms with E-state index in [1.54, 1.807) is 24.3 Å². The lowest BCUT2D eigenvalue weighted by molar-refractivity contribution is 0.0486. The third kappa shape index (κ3) is 7.38. The molecule has 2 rings (SSSR count). The van der Waals surface area contributed by atoms with Crippen molar-refractivity contribution >= 4 is 11.8 Å². The van der Waals surface area contributed by atoms with Gasteiger partial charge < -0.3 is 30.3 Å². The normalized spacial score (nSPS) is 10.6. The Labute approximate surface area is 175 Å². The molecule has 0 spiro atoms. The lowest BCUT2D eigenvalue weighted by Crippen LogP contribution is -2.28. The molecular weight excluding hydrogens is 388 g/mol. The number of aryl methyl sites for hydroxylation is 2. The topological polar surface area (TPSA) is 117 Å². The van der Waals surface area contributed by atoms with Gasteiger partial charge in [0.2, 0.25) is 0 Å². The first-order chi connectivity index (χ1) is 14.4. The fraction of sp³-hybridized carbons (Fsp3) is 0.364. The van der Waals surface area contributed by atoms with Crippen molar-refractivity contribution in [3.63, 3.8) is 0 Å². The maximum atomic E-state index is 12.0. The summed E-state index contributed by atoms with van der Waals surface area (Å²) in [7, 11) is 0. The predicted octanol–water partition coefficient (Wildman–Crippen LogP) is 1.91. The molecule has 0 heterocycles. The fourth-order valence-electron chi connectivity index (χ4n) is 2.65. The van der Waals surface area contributed by atoms with Gasteiger partial charge in [0.1, 0.15) is 11.5 Å². The highest BCUT2D eigenvalue weighted by Crippen LogP contribution is 2.18. The van der Waals surface area contributed by atoms with Crippen LogP contribution >= 0.6 is 0 Å². The molecule has 0 aromatic heterocycles. The maximum Gasteiger partial charge on any atom is 0.255 e. The van der Waals surface area contributed by atoms with E-state index in [4.69, 9.17) is 9.47 Å². The van der Waals surface area contributed by atoms with Crippen LogP contribution in [0.1, 0.15) is 31.8 Å². The Bertz CT molecular complexity index is 797. The van der Waals surface area contributed by atoms with Gasteiger partial charge in [-0.1, -0.05) is 12.1 Å². The van der Waals surface area contributed by atoms with E-state index in [1.165, 1.54) is 12.1 Å². The average molecular weight is 416 g/mol. The summed E-state index contributed by atoms with van der Waals surface area (Å²) >= 11 is 0. The van der Waals surface area contributed by atoms with E-state index in [0.29, 0.717) is 39.5 Å². The molecule has 0 bridgehead atoms. The number of hydrogen-bond acceptors (Lipinski definition) is 6. The summed E-state index contributed by atoms with van der Waals surface area (Å²) in [4.78, 5) is 24.0. The Balaban J connectivity index is 1.50. The van der Waals surface area contributed by atoms with Crippen molar-refractivity contribution in [2.24, 2.45) is 0 Å². The van der Waals surface area contributed by atoms with Crippen molar-refractivity contribution in [3.8, 4) is 11.5 Å². The maximum absolute atomic E-state index is 12.0. The number of benzene rings is 2. The van der Waals surface area contributed by atoms with Gasteiger partial charge >= 0.3 is 0 Å². The molecule has 2 aromatic carbocycles. The van der Waals surface area contributed by atoms with E-state index < -0.39 is 0 Å². The van der Waals surface area contributed by atoms with E-state index in [2.05, 4.69) is 10.6 Å². The summed E-state index contributed by atoms with van der Waals surface area (Å²) in [5.41, 5.74) is 2.20. The number of rotatable bonds is 11. The van der Waals surface area contributed by atoms with E-state index in [1.807, 2.05) is 13.8 Å². The number of phenols is 2. The average Bonchev–Trinajstić information content (AvgIpc) is 2.69. The molecule has 0 saturated heterocycles. The first kappa shape index (κ1) is 23.2. The molecule has 2 aromatic rings. The third-order valence-electron chi connectivity index (χ3n) is 4.23. The second-order valence-electron chi connectivity index (χ2n) is 6.78. The molecule has 0 aliphatic rings. The van der Waals surface area contributed by atoms with Crippen LogP contribution in [0.4, 0.5) is 0 Å². The lowest BCUT2D eigenvalue weighted by Gasteiger charge is -2.09. The minimum absolute atomic E-state index is 0.0495. The summed E-state index contributed by atoms with van der Waals surface area (Å²) in [5, 5.41) is 24.9. The summed E-state index contributed by atoms with van der Waals surface area (Å²) in [6, 6.07) is 9.74. The van der Waals surface area contributed by atoms with Crippen LogP contribution in [0.15, 0.2) is 36.4 Å². The molecule has 4 N–H and O–H groups in total. The van der Waals surface area contributed by atoms with Crippen LogP contribution in [0, 0.1) is 13.8 Å². The number of amides is 2. The molecule has 0 unspecified atom stereocenters. The van der Waals surface area contributed by atoms with Crippen molar-refractivity contribution in [1.82, 2.24) is 10.6 Å². The molecule has 0 saturated carbocycles. The van der Waals surface area contributed by atoms with Crippen LogP contribution in [0.5, 0.6) is 11.5 Å². The number of carbonyl (C=O) groups is 2. The summed E-state index contributed by atoms with van der Waals surface area (Å²) in [5.74, 6) is -0.816. The molecule has 0 atom stereocenters. The number of carbonyl (C=O) groups excluding carboxylic acids is 2. The van der Waals surface area contributed by atoms with Crippen molar-refractivity contribution in [3.05, 3.63) is 58.7 Å². The molecule has 30 heavy (non-hydrogen) atoms. The van der Waals surface area contributed by atoms with Gasteiger partial charge in [0.15, 0.2) is 0 Å². The summed E-state index contributed by atoms with van der Waals surface area (Å²) < 4.78 is 10.7. The summed E-state index contributed by atoms with van der Waals surface area (Å²) in [6.45, 7) is 5.60. The number of hydrogen-bond donors (Lipinski definition) is 4. The van der Waals surface area contributed by atoms with Crippen molar-refractivity contribution < 1.29 is 29.3 Å². The third-order valence-corrected chi connectivity index (χ3v) is 4.23. The molecule has 0 aliphatic heterocycles. The largest absolute Gasteiger partial charge is 0.507 e. The van der Waals surface area contributed by atoms with Crippen molar-refractivity contribution in [2.45, 2.75) is 13.8 Å². The van der Waals surface area contributed by atoms with E-state index >= 15 is 0 Å².